The predicted octanol–water partition coefficient (Wildman–Crippen LogP) is 5.33. The number of carboxylic acids is 1. The van der Waals surface area contributed by atoms with Gasteiger partial charge in [-0.3, -0.25) is 10.1 Å². The highest BCUT2D eigenvalue weighted by Crippen LogP contribution is 2.38. The zero-order valence-electron chi connectivity index (χ0n) is 15.8. The maximum absolute atomic E-state index is 12.6. The van der Waals surface area contributed by atoms with Crippen molar-refractivity contribution in [1.82, 2.24) is 4.98 Å². The SMILES string of the molecule is O=C(O)c1ccccc1C(=O)Nc1nc(-c2ccc3c(c2)Cc2ccccc2-3)cs1. The minimum absolute atomic E-state index is 0.0371. The highest BCUT2D eigenvalue weighted by atomic mass is 32.1. The van der Waals surface area contributed by atoms with Gasteiger partial charge in [-0.15, -0.1) is 11.3 Å². The number of aromatic carboxylic acids is 1. The molecule has 0 unspecified atom stereocenters. The lowest BCUT2D eigenvalue weighted by Gasteiger charge is -2.05. The lowest BCUT2D eigenvalue weighted by atomic mass is 10.0. The maximum Gasteiger partial charge on any atom is 0.336 e. The lowest BCUT2D eigenvalue weighted by molar-refractivity contribution is 0.0692. The van der Waals surface area contributed by atoms with E-state index in [0.717, 1.165) is 17.7 Å². The molecule has 1 aromatic heterocycles. The van der Waals surface area contributed by atoms with Gasteiger partial charge in [-0.05, 0) is 46.9 Å². The number of hydrogen-bond acceptors (Lipinski definition) is 4. The molecule has 1 heterocycles. The molecule has 4 aromatic rings. The van der Waals surface area contributed by atoms with Crippen molar-refractivity contribution in [3.63, 3.8) is 0 Å². The molecule has 0 aliphatic heterocycles. The first kappa shape index (κ1) is 18.3. The Morgan fingerprint density at radius 1 is 0.900 bits per heavy atom. The summed E-state index contributed by atoms with van der Waals surface area (Å²) >= 11 is 1.31. The fraction of sp³-hybridized carbons (Fsp3) is 0.0417. The van der Waals surface area contributed by atoms with Gasteiger partial charge in [0.15, 0.2) is 5.13 Å². The van der Waals surface area contributed by atoms with Gasteiger partial charge in [0.25, 0.3) is 5.91 Å². The second kappa shape index (κ2) is 7.24. The van der Waals surface area contributed by atoms with Crippen LogP contribution in [0.5, 0.6) is 0 Å². The average molecular weight is 412 g/mol. The summed E-state index contributed by atoms with van der Waals surface area (Å²) < 4.78 is 0. The largest absolute Gasteiger partial charge is 0.478 e. The Kier molecular flexibility index (Phi) is 4.41. The number of anilines is 1. The molecule has 0 radical (unpaired) electrons. The van der Waals surface area contributed by atoms with Crippen molar-refractivity contribution in [3.05, 3.63) is 94.4 Å². The van der Waals surface area contributed by atoms with E-state index in [1.54, 1.807) is 12.1 Å². The topological polar surface area (TPSA) is 79.3 Å². The number of aromatic nitrogens is 1. The maximum atomic E-state index is 12.6. The zero-order chi connectivity index (χ0) is 20.7. The number of thiazole rings is 1. The Bertz CT molecular complexity index is 1310. The van der Waals surface area contributed by atoms with Crippen LogP contribution in [0, 0.1) is 0 Å². The molecule has 2 N–H and O–H groups in total. The van der Waals surface area contributed by atoms with Crippen LogP contribution in [0.3, 0.4) is 0 Å². The summed E-state index contributed by atoms with van der Waals surface area (Å²) in [6.07, 6.45) is 0.902. The monoisotopic (exact) mass is 412 g/mol. The van der Waals surface area contributed by atoms with E-state index in [1.165, 1.54) is 45.7 Å². The van der Waals surface area contributed by atoms with Crippen LogP contribution < -0.4 is 5.32 Å². The molecule has 146 valence electrons. The number of nitrogens with one attached hydrogen (secondary N) is 1. The van der Waals surface area contributed by atoms with E-state index in [0.29, 0.717) is 5.13 Å². The minimum Gasteiger partial charge on any atom is -0.478 e. The Hall–Kier alpha value is -3.77. The minimum atomic E-state index is -1.14. The molecule has 0 bridgehead atoms. The summed E-state index contributed by atoms with van der Waals surface area (Å²) in [5, 5.41) is 14.3. The Labute approximate surface area is 176 Å². The molecule has 0 atom stereocenters. The number of amides is 1. The first-order valence-electron chi connectivity index (χ1n) is 9.41. The number of carbonyl (C=O) groups excluding carboxylic acids is 1. The molecule has 3 aromatic carbocycles. The summed E-state index contributed by atoms with van der Waals surface area (Å²) in [4.78, 5) is 28.4. The fourth-order valence-corrected chi connectivity index (χ4v) is 4.51. The van der Waals surface area contributed by atoms with E-state index in [2.05, 4.69) is 46.7 Å². The number of carboxylic acid groups (broad SMARTS) is 1. The van der Waals surface area contributed by atoms with Crippen molar-refractivity contribution in [2.45, 2.75) is 6.42 Å². The number of benzene rings is 3. The fourth-order valence-electron chi connectivity index (χ4n) is 3.80. The normalized spacial score (nSPS) is 11.6. The van der Waals surface area contributed by atoms with E-state index in [9.17, 15) is 14.7 Å². The molecule has 1 amide bonds. The van der Waals surface area contributed by atoms with Crippen molar-refractivity contribution >= 4 is 28.3 Å². The highest BCUT2D eigenvalue weighted by Gasteiger charge is 2.20. The third kappa shape index (κ3) is 3.17. The van der Waals surface area contributed by atoms with Gasteiger partial charge in [-0.25, -0.2) is 9.78 Å². The van der Waals surface area contributed by atoms with Crippen LogP contribution in [0.2, 0.25) is 0 Å². The van der Waals surface area contributed by atoms with Crippen molar-refractivity contribution in [2.75, 3.05) is 5.32 Å². The van der Waals surface area contributed by atoms with Crippen LogP contribution in [-0.2, 0) is 6.42 Å². The van der Waals surface area contributed by atoms with E-state index >= 15 is 0 Å². The number of fused-ring (bicyclic) bond motifs is 3. The van der Waals surface area contributed by atoms with Gasteiger partial charge >= 0.3 is 5.97 Å². The summed E-state index contributed by atoms with van der Waals surface area (Å²) in [6, 6.07) is 20.9. The summed E-state index contributed by atoms with van der Waals surface area (Å²) in [6.45, 7) is 0. The van der Waals surface area contributed by atoms with E-state index in [1.807, 2.05) is 11.4 Å². The molecule has 1 aliphatic carbocycles. The molecular weight excluding hydrogens is 396 g/mol. The van der Waals surface area contributed by atoms with Gasteiger partial charge < -0.3 is 5.11 Å². The van der Waals surface area contributed by atoms with Gasteiger partial charge in [-0.2, -0.15) is 0 Å². The van der Waals surface area contributed by atoms with E-state index < -0.39 is 11.9 Å². The van der Waals surface area contributed by atoms with Crippen LogP contribution in [0.15, 0.2) is 72.1 Å². The number of nitrogens with zero attached hydrogens (tertiary/aromatic N) is 1. The van der Waals surface area contributed by atoms with Crippen LogP contribution >= 0.6 is 11.3 Å². The van der Waals surface area contributed by atoms with Gasteiger partial charge in [0.1, 0.15) is 0 Å². The Morgan fingerprint density at radius 2 is 1.63 bits per heavy atom. The molecule has 0 saturated carbocycles. The summed E-state index contributed by atoms with van der Waals surface area (Å²) in [5.41, 5.74) is 6.97. The van der Waals surface area contributed by atoms with Crippen LogP contribution in [-0.4, -0.2) is 22.0 Å². The van der Waals surface area contributed by atoms with Gasteiger partial charge in [0.05, 0.1) is 16.8 Å². The molecule has 5 nitrogen and oxygen atoms in total. The second-order valence-electron chi connectivity index (χ2n) is 7.05. The molecule has 5 rings (SSSR count). The van der Waals surface area contributed by atoms with Crippen LogP contribution in [0.1, 0.15) is 31.8 Å². The van der Waals surface area contributed by atoms with Gasteiger partial charge in [-0.1, -0.05) is 48.5 Å². The lowest BCUT2D eigenvalue weighted by Crippen LogP contribution is -2.16. The summed E-state index contributed by atoms with van der Waals surface area (Å²) in [7, 11) is 0. The number of carbonyl (C=O) groups is 2. The van der Waals surface area contributed by atoms with Crippen molar-refractivity contribution in [3.8, 4) is 22.4 Å². The standard InChI is InChI=1S/C24H16N2O3S/c27-22(19-7-3-4-8-20(19)23(28)29)26-24-25-21(13-30-24)15-9-10-18-16(12-15)11-14-5-1-2-6-17(14)18/h1-10,12-13H,11H2,(H,28,29)(H,25,26,27). The zero-order valence-corrected chi connectivity index (χ0v) is 16.6. The number of rotatable bonds is 4. The molecular formula is C24H16N2O3S. The van der Waals surface area contributed by atoms with Crippen molar-refractivity contribution in [2.24, 2.45) is 0 Å². The summed E-state index contributed by atoms with van der Waals surface area (Å²) in [5.74, 6) is -1.63. The quantitative estimate of drug-likeness (QED) is 0.418. The molecule has 0 saturated heterocycles. The molecule has 0 spiro atoms. The van der Waals surface area contributed by atoms with Crippen molar-refractivity contribution < 1.29 is 14.7 Å². The van der Waals surface area contributed by atoms with Crippen molar-refractivity contribution in [1.29, 1.82) is 0 Å². The third-order valence-electron chi connectivity index (χ3n) is 5.22. The molecule has 6 heteroatoms. The smallest absolute Gasteiger partial charge is 0.336 e. The van der Waals surface area contributed by atoms with E-state index in [4.69, 9.17) is 0 Å². The van der Waals surface area contributed by atoms with Gasteiger partial charge in [0.2, 0.25) is 0 Å². The second-order valence-corrected chi connectivity index (χ2v) is 7.91. The highest BCUT2D eigenvalue weighted by molar-refractivity contribution is 7.14. The Balaban J connectivity index is 1.39. The number of hydrogen-bond donors (Lipinski definition) is 2. The van der Waals surface area contributed by atoms with Gasteiger partial charge in [0, 0.05) is 10.9 Å². The molecule has 0 fully saturated rings. The van der Waals surface area contributed by atoms with Crippen LogP contribution in [0.4, 0.5) is 5.13 Å². The Morgan fingerprint density at radius 3 is 2.47 bits per heavy atom. The van der Waals surface area contributed by atoms with Crippen LogP contribution in [0.25, 0.3) is 22.4 Å². The predicted molar refractivity (Wildman–Crippen MR) is 117 cm³/mol. The first-order chi connectivity index (χ1) is 14.6. The molecule has 30 heavy (non-hydrogen) atoms. The third-order valence-corrected chi connectivity index (χ3v) is 5.97. The van der Waals surface area contributed by atoms with E-state index in [-0.39, 0.29) is 11.1 Å². The first-order valence-corrected chi connectivity index (χ1v) is 10.3. The molecule has 1 aliphatic rings. The average Bonchev–Trinajstić information content (AvgIpc) is 3.37.